The summed E-state index contributed by atoms with van der Waals surface area (Å²) < 4.78 is 1.62. The van der Waals surface area contributed by atoms with Gasteiger partial charge in [0.05, 0.1) is 12.0 Å². The van der Waals surface area contributed by atoms with Gasteiger partial charge in [0.15, 0.2) is 5.82 Å². The first-order valence-corrected chi connectivity index (χ1v) is 5.57. The third-order valence-electron chi connectivity index (χ3n) is 2.81. The Morgan fingerprint density at radius 3 is 2.75 bits per heavy atom. The monoisotopic (exact) mass is 226 g/mol. The smallest absolute Gasteiger partial charge is 0.308 e. The lowest BCUT2D eigenvalue weighted by molar-refractivity contribution is -0.142. The molecule has 90 valence electrons. The van der Waals surface area contributed by atoms with Crippen LogP contribution in [-0.4, -0.2) is 31.3 Å². The molecule has 1 N–H and O–H groups in total. The summed E-state index contributed by atoms with van der Waals surface area (Å²) in [5.41, 5.74) is 0. The molecule has 1 aromatic heterocycles. The molecule has 16 heavy (non-hydrogen) atoms. The molecule has 0 radical (unpaired) electrons. The zero-order valence-electron chi connectivity index (χ0n) is 9.92. The van der Waals surface area contributed by atoms with E-state index in [0.717, 1.165) is 25.1 Å². The van der Waals surface area contributed by atoms with Gasteiger partial charge in [-0.05, 0) is 30.7 Å². The highest BCUT2D eigenvalue weighted by Gasteiger charge is 2.24. The van der Waals surface area contributed by atoms with Gasteiger partial charge in [-0.15, -0.1) is 5.10 Å². The second-order valence-corrected chi connectivity index (χ2v) is 4.01. The number of carboxylic acid groups (broad SMARTS) is 1. The van der Waals surface area contributed by atoms with Gasteiger partial charge < -0.3 is 5.11 Å². The Hall–Kier alpha value is -1.46. The Kier molecular flexibility index (Phi) is 4.39. The van der Waals surface area contributed by atoms with Crippen molar-refractivity contribution in [3.63, 3.8) is 0 Å². The van der Waals surface area contributed by atoms with E-state index in [1.54, 1.807) is 11.6 Å². The Bertz CT molecular complexity index is 350. The van der Waals surface area contributed by atoms with Crippen molar-refractivity contribution >= 4 is 5.97 Å². The molecule has 6 nitrogen and oxygen atoms in total. The zero-order chi connectivity index (χ0) is 12.1. The second-order valence-electron chi connectivity index (χ2n) is 4.01. The molecule has 1 rings (SSSR count). The molecule has 0 aliphatic carbocycles. The minimum atomic E-state index is -0.829. The maximum Gasteiger partial charge on any atom is 0.308 e. The normalized spacial score (nSPS) is 14.7. The quantitative estimate of drug-likeness (QED) is 0.790. The Morgan fingerprint density at radius 1 is 1.50 bits per heavy atom. The number of hydrogen-bond donors (Lipinski definition) is 1. The second kappa shape index (κ2) is 5.58. The molecule has 0 saturated heterocycles. The van der Waals surface area contributed by atoms with Gasteiger partial charge in [-0.1, -0.05) is 13.3 Å². The molecular formula is C10H18N4O2. The highest BCUT2D eigenvalue weighted by atomic mass is 16.4. The van der Waals surface area contributed by atoms with E-state index in [1.807, 2.05) is 6.92 Å². The molecule has 2 atom stereocenters. The predicted molar refractivity (Wildman–Crippen MR) is 57.9 cm³/mol. The molecule has 1 aromatic rings. The number of nitrogens with zero attached hydrogens (tertiary/aromatic N) is 4. The lowest BCUT2D eigenvalue weighted by atomic mass is 10.0. The molecular weight excluding hydrogens is 208 g/mol. The molecule has 0 saturated carbocycles. The SMILES string of the molecule is CCCCc1nnnn1C(C)C(C)C(=O)O. The summed E-state index contributed by atoms with van der Waals surface area (Å²) in [6.45, 7) is 5.58. The van der Waals surface area contributed by atoms with Crippen LogP contribution in [0.3, 0.4) is 0 Å². The van der Waals surface area contributed by atoms with Crippen molar-refractivity contribution < 1.29 is 9.90 Å². The van der Waals surface area contributed by atoms with Gasteiger partial charge in [0.25, 0.3) is 0 Å². The highest BCUT2D eigenvalue weighted by Crippen LogP contribution is 2.18. The largest absolute Gasteiger partial charge is 0.481 e. The molecule has 0 aliphatic heterocycles. The summed E-state index contributed by atoms with van der Waals surface area (Å²) in [6, 6.07) is -0.223. The molecule has 0 aliphatic rings. The zero-order valence-corrected chi connectivity index (χ0v) is 9.92. The summed E-state index contributed by atoms with van der Waals surface area (Å²) in [6.07, 6.45) is 2.87. The van der Waals surface area contributed by atoms with Crippen LogP contribution in [0.5, 0.6) is 0 Å². The van der Waals surface area contributed by atoms with E-state index >= 15 is 0 Å². The maximum absolute atomic E-state index is 10.9. The van der Waals surface area contributed by atoms with E-state index in [9.17, 15) is 4.79 Å². The number of tetrazole rings is 1. The first kappa shape index (κ1) is 12.6. The maximum atomic E-state index is 10.9. The fraction of sp³-hybridized carbons (Fsp3) is 0.800. The average Bonchev–Trinajstić information content (AvgIpc) is 2.72. The number of unbranched alkanes of at least 4 members (excludes halogenated alkanes) is 1. The van der Waals surface area contributed by atoms with Crippen molar-refractivity contribution in [2.45, 2.75) is 46.1 Å². The number of aromatic nitrogens is 4. The first-order chi connectivity index (χ1) is 7.57. The van der Waals surface area contributed by atoms with E-state index < -0.39 is 11.9 Å². The molecule has 0 bridgehead atoms. The van der Waals surface area contributed by atoms with Gasteiger partial charge in [-0.2, -0.15) is 0 Å². The van der Waals surface area contributed by atoms with Crippen LogP contribution in [0.1, 0.15) is 45.5 Å². The minimum absolute atomic E-state index is 0.223. The third-order valence-corrected chi connectivity index (χ3v) is 2.81. The van der Waals surface area contributed by atoms with Crippen LogP contribution in [0.4, 0.5) is 0 Å². The van der Waals surface area contributed by atoms with Gasteiger partial charge in [-0.3, -0.25) is 4.79 Å². The van der Waals surface area contributed by atoms with Crippen LogP contribution in [0.25, 0.3) is 0 Å². The Balaban J connectivity index is 2.78. The number of hydrogen-bond acceptors (Lipinski definition) is 4. The summed E-state index contributed by atoms with van der Waals surface area (Å²) in [5.74, 6) is -0.559. The van der Waals surface area contributed by atoms with E-state index in [-0.39, 0.29) is 6.04 Å². The molecule has 0 aromatic carbocycles. The number of rotatable bonds is 6. The van der Waals surface area contributed by atoms with Crippen molar-refractivity contribution in [3.8, 4) is 0 Å². The van der Waals surface area contributed by atoms with Gasteiger partial charge >= 0.3 is 5.97 Å². The number of carbonyl (C=O) groups is 1. The number of aryl methyl sites for hydroxylation is 1. The van der Waals surface area contributed by atoms with E-state index in [1.165, 1.54) is 0 Å². The number of aliphatic carboxylic acids is 1. The van der Waals surface area contributed by atoms with Gasteiger partial charge in [0, 0.05) is 6.42 Å². The van der Waals surface area contributed by atoms with Crippen LogP contribution in [0, 0.1) is 5.92 Å². The molecule has 0 fully saturated rings. The van der Waals surface area contributed by atoms with Gasteiger partial charge in [-0.25, -0.2) is 4.68 Å². The van der Waals surface area contributed by atoms with E-state index in [0.29, 0.717) is 0 Å². The number of carboxylic acids is 1. The molecule has 6 heteroatoms. The summed E-state index contributed by atoms with van der Waals surface area (Å²) in [7, 11) is 0. The average molecular weight is 226 g/mol. The lowest BCUT2D eigenvalue weighted by Gasteiger charge is -2.17. The molecule has 2 unspecified atom stereocenters. The van der Waals surface area contributed by atoms with Crippen LogP contribution in [0.15, 0.2) is 0 Å². The lowest BCUT2D eigenvalue weighted by Crippen LogP contribution is -2.24. The van der Waals surface area contributed by atoms with Crippen LogP contribution in [0.2, 0.25) is 0 Å². The molecule has 0 amide bonds. The van der Waals surface area contributed by atoms with Gasteiger partial charge in [0.1, 0.15) is 0 Å². The molecule has 0 spiro atoms. The standard InChI is InChI=1S/C10H18N4O2/c1-4-5-6-9-11-12-13-14(9)8(3)7(2)10(15)16/h7-8H,4-6H2,1-3H3,(H,15,16). The molecule has 1 heterocycles. The fourth-order valence-electron chi connectivity index (χ4n) is 1.45. The van der Waals surface area contributed by atoms with Crippen molar-refractivity contribution in [3.05, 3.63) is 5.82 Å². The summed E-state index contributed by atoms with van der Waals surface area (Å²) >= 11 is 0. The summed E-state index contributed by atoms with van der Waals surface area (Å²) in [4.78, 5) is 10.9. The predicted octanol–water partition coefficient (Wildman–Crippen LogP) is 1.30. The fourth-order valence-corrected chi connectivity index (χ4v) is 1.45. The van der Waals surface area contributed by atoms with E-state index in [2.05, 4.69) is 22.4 Å². The topological polar surface area (TPSA) is 80.9 Å². The Morgan fingerprint density at radius 2 is 2.19 bits per heavy atom. The van der Waals surface area contributed by atoms with Crippen molar-refractivity contribution in [2.75, 3.05) is 0 Å². The Labute approximate surface area is 94.7 Å². The van der Waals surface area contributed by atoms with Crippen LogP contribution < -0.4 is 0 Å². The third kappa shape index (κ3) is 2.77. The van der Waals surface area contributed by atoms with Crippen molar-refractivity contribution in [2.24, 2.45) is 5.92 Å². The van der Waals surface area contributed by atoms with Crippen molar-refractivity contribution in [1.82, 2.24) is 20.2 Å². The van der Waals surface area contributed by atoms with Crippen LogP contribution >= 0.6 is 0 Å². The summed E-state index contributed by atoms with van der Waals surface area (Å²) in [5, 5.41) is 20.3. The first-order valence-electron chi connectivity index (χ1n) is 5.57. The van der Waals surface area contributed by atoms with Gasteiger partial charge in [0.2, 0.25) is 0 Å². The van der Waals surface area contributed by atoms with Crippen molar-refractivity contribution in [1.29, 1.82) is 0 Å². The van der Waals surface area contributed by atoms with Crippen LogP contribution in [-0.2, 0) is 11.2 Å². The van der Waals surface area contributed by atoms with E-state index in [4.69, 9.17) is 5.11 Å². The minimum Gasteiger partial charge on any atom is -0.481 e. The highest BCUT2D eigenvalue weighted by molar-refractivity contribution is 5.70.